The highest BCUT2D eigenvalue weighted by Crippen LogP contribution is 2.25. The third-order valence-electron chi connectivity index (χ3n) is 4.71. The molecule has 0 aliphatic carbocycles. The van der Waals surface area contributed by atoms with Gasteiger partial charge < -0.3 is 5.32 Å². The van der Waals surface area contributed by atoms with Gasteiger partial charge in [0.2, 0.25) is 10.0 Å². The van der Waals surface area contributed by atoms with Crippen LogP contribution in [0.5, 0.6) is 0 Å². The maximum absolute atomic E-state index is 13.0. The van der Waals surface area contributed by atoms with E-state index < -0.39 is 26.9 Å². The number of hydrogen-bond acceptors (Lipinski definition) is 5. The van der Waals surface area contributed by atoms with Crippen molar-refractivity contribution in [3.8, 4) is 0 Å². The van der Waals surface area contributed by atoms with Gasteiger partial charge in [0, 0.05) is 23.4 Å². The van der Waals surface area contributed by atoms with Crippen LogP contribution in [0.25, 0.3) is 0 Å². The first kappa shape index (κ1) is 22.9. The third kappa shape index (κ3) is 5.45. The van der Waals surface area contributed by atoms with Crippen molar-refractivity contribution >= 4 is 27.3 Å². The quantitative estimate of drug-likeness (QED) is 0.303. The van der Waals surface area contributed by atoms with E-state index in [1.54, 1.807) is 42.5 Å². The molecule has 8 nitrogen and oxygen atoms in total. The second-order valence-electron chi connectivity index (χ2n) is 7.06. The van der Waals surface area contributed by atoms with E-state index in [0.717, 1.165) is 5.56 Å². The fraction of sp³-hybridized carbons (Fsp3) is 0.0870. The molecule has 0 bridgehead atoms. The van der Waals surface area contributed by atoms with Gasteiger partial charge in [0.25, 0.3) is 11.6 Å². The van der Waals surface area contributed by atoms with Crippen molar-refractivity contribution in [1.29, 1.82) is 0 Å². The van der Waals surface area contributed by atoms with E-state index in [9.17, 15) is 23.3 Å². The number of nitro groups is 1. The molecule has 0 fully saturated rings. The molecule has 164 valence electrons. The van der Waals surface area contributed by atoms with Gasteiger partial charge in [0.05, 0.1) is 15.9 Å². The van der Waals surface area contributed by atoms with Crippen molar-refractivity contribution in [2.24, 2.45) is 0 Å². The van der Waals surface area contributed by atoms with Crippen LogP contribution in [-0.2, 0) is 14.8 Å². The smallest absolute Gasteiger partial charge is 0.269 e. The molecule has 0 heterocycles. The second kappa shape index (κ2) is 9.54. The van der Waals surface area contributed by atoms with Crippen LogP contribution < -0.4 is 10.0 Å². The average molecular weight is 452 g/mol. The minimum absolute atomic E-state index is 0.0368. The number of rotatable bonds is 8. The van der Waals surface area contributed by atoms with Crippen LogP contribution in [0.15, 0.2) is 95.9 Å². The van der Waals surface area contributed by atoms with Gasteiger partial charge in [-0.1, -0.05) is 54.6 Å². The minimum atomic E-state index is -3.96. The number of sulfonamides is 1. The predicted molar refractivity (Wildman–Crippen MR) is 122 cm³/mol. The fourth-order valence-electron chi connectivity index (χ4n) is 2.94. The first-order valence-corrected chi connectivity index (χ1v) is 11.0. The maximum Gasteiger partial charge on any atom is 0.269 e. The molecule has 0 aliphatic heterocycles. The standard InChI is InChI=1S/C23H21N3O5S/c1-16-8-14-21(15-9-16)32(30,31)25-22(18-6-4-3-5-7-18)17(2)23(27)24-19-10-12-20(13-11-19)26(28)29/h3-15,22,25H,2H2,1H3,(H,24,27). The van der Waals surface area contributed by atoms with Gasteiger partial charge >= 0.3 is 0 Å². The number of carbonyl (C=O) groups excluding carboxylic acids is 1. The van der Waals surface area contributed by atoms with Gasteiger partial charge in [-0.15, -0.1) is 0 Å². The second-order valence-corrected chi connectivity index (χ2v) is 8.78. The zero-order valence-corrected chi connectivity index (χ0v) is 18.0. The van der Waals surface area contributed by atoms with E-state index in [4.69, 9.17) is 0 Å². The molecule has 0 saturated heterocycles. The first-order chi connectivity index (χ1) is 15.2. The van der Waals surface area contributed by atoms with Gasteiger partial charge in [0.15, 0.2) is 0 Å². The Bertz CT molecular complexity index is 1240. The number of carbonyl (C=O) groups is 1. The summed E-state index contributed by atoms with van der Waals surface area (Å²) in [5.41, 5.74) is 1.61. The molecule has 9 heteroatoms. The molecule has 3 aromatic rings. The summed E-state index contributed by atoms with van der Waals surface area (Å²) < 4.78 is 28.5. The number of aryl methyl sites for hydroxylation is 1. The lowest BCUT2D eigenvalue weighted by Gasteiger charge is -2.21. The van der Waals surface area contributed by atoms with Crippen LogP contribution in [0, 0.1) is 17.0 Å². The zero-order chi connectivity index (χ0) is 23.3. The van der Waals surface area contributed by atoms with Crippen molar-refractivity contribution in [2.45, 2.75) is 17.9 Å². The van der Waals surface area contributed by atoms with E-state index in [1.807, 2.05) is 6.92 Å². The molecule has 1 unspecified atom stereocenters. The number of nitro benzene ring substituents is 1. The van der Waals surface area contributed by atoms with Gasteiger partial charge in [0.1, 0.15) is 0 Å². The Morgan fingerprint density at radius 1 is 0.969 bits per heavy atom. The first-order valence-electron chi connectivity index (χ1n) is 9.56. The van der Waals surface area contributed by atoms with Crippen molar-refractivity contribution in [3.63, 3.8) is 0 Å². The van der Waals surface area contributed by atoms with Gasteiger partial charge in [-0.05, 0) is 36.8 Å². The summed E-state index contributed by atoms with van der Waals surface area (Å²) in [4.78, 5) is 23.1. The highest BCUT2D eigenvalue weighted by atomic mass is 32.2. The van der Waals surface area contributed by atoms with Gasteiger partial charge in [-0.3, -0.25) is 14.9 Å². The molecule has 0 aliphatic rings. The van der Waals surface area contributed by atoms with Crippen LogP contribution in [0.2, 0.25) is 0 Å². The average Bonchev–Trinajstić information content (AvgIpc) is 2.78. The Kier molecular flexibility index (Phi) is 6.82. The Morgan fingerprint density at radius 2 is 1.56 bits per heavy atom. The fourth-order valence-corrected chi connectivity index (χ4v) is 4.15. The maximum atomic E-state index is 13.0. The van der Waals surface area contributed by atoms with Crippen molar-refractivity contribution in [1.82, 2.24) is 4.72 Å². The molecule has 1 atom stereocenters. The molecular formula is C23H21N3O5S. The highest BCUT2D eigenvalue weighted by Gasteiger charge is 2.27. The van der Waals surface area contributed by atoms with Crippen LogP contribution in [0.3, 0.4) is 0 Å². The normalized spacial score (nSPS) is 12.0. The lowest BCUT2D eigenvalue weighted by molar-refractivity contribution is -0.384. The number of nitrogens with one attached hydrogen (secondary N) is 2. The molecule has 0 saturated carbocycles. The van der Waals surface area contributed by atoms with E-state index in [1.165, 1.54) is 36.4 Å². The molecule has 0 radical (unpaired) electrons. The number of amides is 1. The van der Waals surface area contributed by atoms with E-state index in [2.05, 4.69) is 16.6 Å². The summed E-state index contributed by atoms with van der Waals surface area (Å²) >= 11 is 0. The third-order valence-corrected chi connectivity index (χ3v) is 6.15. The molecular weight excluding hydrogens is 430 g/mol. The largest absolute Gasteiger partial charge is 0.322 e. The molecule has 3 rings (SSSR count). The molecule has 3 aromatic carbocycles. The Hall–Kier alpha value is -3.82. The van der Waals surface area contributed by atoms with Crippen molar-refractivity contribution in [2.75, 3.05) is 5.32 Å². The molecule has 1 amide bonds. The van der Waals surface area contributed by atoms with E-state index >= 15 is 0 Å². The molecule has 2 N–H and O–H groups in total. The summed E-state index contributed by atoms with van der Waals surface area (Å²) in [6, 6.07) is 19.2. The molecule has 32 heavy (non-hydrogen) atoms. The van der Waals surface area contributed by atoms with Crippen LogP contribution in [0.1, 0.15) is 17.2 Å². The minimum Gasteiger partial charge on any atom is -0.322 e. The lowest BCUT2D eigenvalue weighted by Crippen LogP contribution is -2.33. The summed E-state index contributed by atoms with van der Waals surface area (Å²) in [7, 11) is -3.96. The van der Waals surface area contributed by atoms with Crippen molar-refractivity contribution < 1.29 is 18.1 Å². The summed E-state index contributed by atoms with van der Waals surface area (Å²) in [5.74, 6) is -0.626. The number of nitrogens with zero attached hydrogens (tertiary/aromatic N) is 1. The van der Waals surface area contributed by atoms with Crippen LogP contribution >= 0.6 is 0 Å². The monoisotopic (exact) mass is 451 g/mol. The SMILES string of the molecule is C=C(C(=O)Nc1ccc([N+](=O)[O-])cc1)C(NS(=O)(=O)c1ccc(C)cc1)c1ccccc1. The van der Waals surface area contributed by atoms with Crippen LogP contribution in [-0.4, -0.2) is 19.2 Å². The topological polar surface area (TPSA) is 118 Å². The summed E-state index contributed by atoms with van der Waals surface area (Å²) in [6.45, 7) is 5.67. The summed E-state index contributed by atoms with van der Waals surface area (Å²) in [6.07, 6.45) is 0. The number of benzene rings is 3. The van der Waals surface area contributed by atoms with Crippen molar-refractivity contribution in [3.05, 3.63) is 112 Å². The number of hydrogen-bond donors (Lipinski definition) is 2. The highest BCUT2D eigenvalue weighted by molar-refractivity contribution is 7.89. The van der Waals surface area contributed by atoms with E-state index in [-0.39, 0.29) is 16.2 Å². The summed E-state index contributed by atoms with van der Waals surface area (Å²) in [5, 5.41) is 13.4. The number of anilines is 1. The zero-order valence-electron chi connectivity index (χ0n) is 17.2. The van der Waals surface area contributed by atoms with E-state index in [0.29, 0.717) is 11.3 Å². The lowest BCUT2D eigenvalue weighted by atomic mass is 10.0. The Labute approximate surface area is 185 Å². The molecule has 0 aromatic heterocycles. The Balaban J connectivity index is 1.86. The molecule has 0 spiro atoms. The van der Waals surface area contributed by atoms with Gasteiger partial charge in [-0.25, -0.2) is 8.42 Å². The van der Waals surface area contributed by atoms with Gasteiger partial charge in [-0.2, -0.15) is 4.72 Å². The predicted octanol–water partition coefficient (Wildman–Crippen LogP) is 4.12. The Morgan fingerprint density at radius 3 is 2.12 bits per heavy atom. The number of non-ortho nitro benzene ring substituents is 1. The van der Waals surface area contributed by atoms with Crippen LogP contribution in [0.4, 0.5) is 11.4 Å².